The highest BCUT2D eigenvalue weighted by Crippen LogP contribution is 2.33. The zero-order valence-electron chi connectivity index (χ0n) is 9.03. The maximum absolute atomic E-state index is 9.05. The molecule has 0 unspecified atom stereocenters. The van der Waals surface area contributed by atoms with E-state index in [9.17, 15) is 0 Å². The smallest absolute Gasteiger partial charge is 0.138 e. The van der Waals surface area contributed by atoms with Crippen LogP contribution < -0.4 is 4.74 Å². The molecule has 0 aromatic heterocycles. The molecule has 1 N–H and O–H groups in total. The number of halogens is 1. The first kappa shape index (κ1) is 11.2. The summed E-state index contributed by atoms with van der Waals surface area (Å²) in [6.07, 6.45) is 0. The van der Waals surface area contributed by atoms with Crippen molar-refractivity contribution >= 4 is 22.4 Å². The Hall–Kier alpha value is -1.25. The molecule has 3 heteroatoms. The second-order valence-corrected chi connectivity index (χ2v) is 3.90. The average molecular weight is 237 g/mol. The van der Waals surface area contributed by atoms with Crippen molar-refractivity contribution in [1.29, 1.82) is 0 Å². The van der Waals surface area contributed by atoms with Gasteiger partial charge in [0.25, 0.3) is 0 Å². The minimum atomic E-state index is 0.0424. The number of aliphatic hydroxyl groups is 1. The van der Waals surface area contributed by atoms with E-state index in [1.54, 1.807) is 0 Å². The van der Waals surface area contributed by atoms with E-state index in [4.69, 9.17) is 21.4 Å². The second kappa shape index (κ2) is 4.73. The summed E-state index contributed by atoms with van der Waals surface area (Å²) in [6, 6.07) is 9.51. The van der Waals surface area contributed by atoms with Gasteiger partial charge < -0.3 is 9.84 Å². The molecule has 0 saturated carbocycles. The van der Waals surface area contributed by atoms with Crippen LogP contribution in [0.25, 0.3) is 10.8 Å². The van der Waals surface area contributed by atoms with E-state index in [1.165, 1.54) is 0 Å². The SMILES string of the molecule is CCOc1ccc2cc(CO)ccc2c1Cl. The molecule has 0 bridgehead atoms. The summed E-state index contributed by atoms with van der Waals surface area (Å²) in [7, 11) is 0. The molecule has 0 aliphatic rings. The second-order valence-electron chi connectivity index (χ2n) is 3.52. The normalized spacial score (nSPS) is 10.7. The Balaban J connectivity index is 2.57. The molecule has 0 radical (unpaired) electrons. The van der Waals surface area contributed by atoms with Crippen LogP contribution in [0.15, 0.2) is 30.3 Å². The summed E-state index contributed by atoms with van der Waals surface area (Å²) in [5.74, 6) is 0.702. The fraction of sp³-hybridized carbons (Fsp3) is 0.231. The number of aliphatic hydroxyl groups excluding tert-OH is 1. The third-order valence-electron chi connectivity index (χ3n) is 2.47. The molecule has 0 aliphatic heterocycles. The third kappa shape index (κ3) is 1.99. The first-order valence-electron chi connectivity index (χ1n) is 5.21. The highest BCUT2D eigenvalue weighted by molar-refractivity contribution is 6.37. The number of ether oxygens (including phenoxy) is 1. The number of benzene rings is 2. The summed E-state index contributed by atoms with van der Waals surface area (Å²) in [5, 5.41) is 11.6. The quantitative estimate of drug-likeness (QED) is 0.885. The summed E-state index contributed by atoms with van der Waals surface area (Å²) < 4.78 is 5.42. The molecular weight excluding hydrogens is 224 g/mol. The van der Waals surface area contributed by atoms with Gasteiger partial charge in [-0.25, -0.2) is 0 Å². The molecule has 2 aromatic carbocycles. The third-order valence-corrected chi connectivity index (χ3v) is 2.86. The van der Waals surface area contributed by atoms with Crippen LogP contribution >= 0.6 is 11.6 Å². The van der Waals surface area contributed by atoms with E-state index in [0.717, 1.165) is 16.3 Å². The minimum absolute atomic E-state index is 0.0424. The van der Waals surface area contributed by atoms with Gasteiger partial charge in [0.15, 0.2) is 0 Å². The molecule has 0 spiro atoms. The molecule has 0 atom stereocenters. The predicted molar refractivity (Wildman–Crippen MR) is 66.0 cm³/mol. The van der Waals surface area contributed by atoms with Gasteiger partial charge in [0.2, 0.25) is 0 Å². The minimum Gasteiger partial charge on any atom is -0.492 e. The molecule has 2 nitrogen and oxygen atoms in total. The summed E-state index contributed by atoms with van der Waals surface area (Å²) in [4.78, 5) is 0. The molecule has 0 heterocycles. The van der Waals surface area contributed by atoms with Gasteiger partial charge in [-0.3, -0.25) is 0 Å². The molecule has 2 aromatic rings. The van der Waals surface area contributed by atoms with Crippen LogP contribution in [0.2, 0.25) is 5.02 Å². The largest absolute Gasteiger partial charge is 0.492 e. The number of hydrogen-bond donors (Lipinski definition) is 1. The molecular formula is C13H13ClO2. The van der Waals surface area contributed by atoms with Crippen LogP contribution in [0.4, 0.5) is 0 Å². The van der Waals surface area contributed by atoms with Crippen molar-refractivity contribution in [2.75, 3.05) is 6.61 Å². The van der Waals surface area contributed by atoms with Gasteiger partial charge in [-0.1, -0.05) is 29.8 Å². The van der Waals surface area contributed by atoms with Crippen LogP contribution in [-0.4, -0.2) is 11.7 Å². The van der Waals surface area contributed by atoms with Gasteiger partial charge in [0.05, 0.1) is 18.2 Å². The van der Waals surface area contributed by atoms with Crippen molar-refractivity contribution in [1.82, 2.24) is 0 Å². The Morgan fingerprint density at radius 2 is 2.06 bits per heavy atom. The van der Waals surface area contributed by atoms with E-state index >= 15 is 0 Å². The summed E-state index contributed by atoms with van der Waals surface area (Å²) >= 11 is 6.23. The Morgan fingerprint density at radius 1 is 1.25 bits per heavy atom. The molecule has 0 amide bonds. The van der Waals surface area contributed by atoms with Gasteiger partial charge in [-0.2, -0.15) is 0 Å². The standard InChI is InChI=1S/C13H13ClO2/c1-2-16-12-6-4-10-7-9(8-15)3-5-11(10)13(12)14/h3-7,15H,2,8H2,1H3. The Bertz CT molecular complexity index is 509. The molecule has 0 fully saturated rings. The maximum Gasteiger partial charge on any atom is 0.138 e. The highest BCUT2D eigenvalue weighted by Gasteiger charge is 2.06. The van der Waals surface area contributed by atoms with Crippen molar-refractivity contribution in [3.05, 3.63) is 40.9 Å². The van der Waals surface area contributed by atoms with E-state index in [1.807, 2.05) is 37.3 Å². The van der Waals surface area contributed by atoms with E-state index in [2.05, 4.69) is 0 Å². The van der Waals surface area contributed by atoms with Crippen molar-refractivity contribution in [2.24, 2.45) is 0 Å². The topological polar surface area (TPSA) is 29.5 Å². The monoisotopic (exact) mass is 236 g/mol. The fourth-order valence-corrected chi connectivity index (χ4v) is 1.98. The lowest BCUT2D eigenvalue weighted by Crippen LogP contribution is -1.92. The lowest BCUT2D eigenvalue weighted by molar-refractivity contribution is 0.282. The molecule has 2 rings (SSSR count). The van der Waals surface area contributed by atoms with Gasteiger partial charge in [0.1, 0.15) is 5.75 Å². The lowest BCUT2D eigenvalue weighted by atomic mass is 10.1. The Kier molecular flexibility index (Phi) is 3.32. The predicted octanol–water partition coefficient (Wildman–Crippen LogP) is 3.38. The highest BCUT2D eigenvalue weighted by atomic mass is 35.5. The van der Waals surface area contributed by atoms with Crippen LogP contribution in [0, 0.1) is 0 Å². The Morgan fingerprint density at radius 3 is 2.75 bits per heavy atom. The van der Waals surface area contributed by atoms with Crippen LogP contribution in [0.5, 0.6) is 5.75 Å². The molecule has 0 saturated heterocycles. The van der Waals surface area contributed by atoms with Crippen LogP contribution in [0.3, 0.4) is 0 Å². The first-order chi connectivity index (χ1) is 7.76. The van der Waals surface area contributed by atoms with Crippen molar-refractivity contribution in [3.8, 4) is 5.75 Å². The zero-order valence-corrected chi connectivity index (χ0v) is 9.79. The fourth-order valence-electron chi connectivity index (χ4n) is 1.69. The van der Waals surface area contributed by atoms with Crippen molar-refractivity contribution in [3.63, 3.8) is 0 Å². The van der Waals surface area contributed by atoms with Gasteiger partial charge in [-0.15, -0.1) is 0 Å². The molecule has 0 aliphatic carbocycles. The van der Waals surface area contributed by atoms with Crippen molar-refractivity contribution < 1.29 is 9.84 Å². The number of fused-ring (bicyclic) bond motifs is 1. The summed E-state index contributed by atoms with van der Waals surface area (Å²) in [6.45, 7) is 2.57. The van der Waals surface area contributed by atoms with E-state index in [0.29, 0.717) is 17.4 Å². The first-order valence-corrected chi connectivity index (χ1v) is 5.59. The van der Waals surface area contributed by atoms with Gasteiger partial charge >= 0.3 is 0 Å². The number of hydrogen-bond acceptors (Lipinski definition) is 2. The maximum atomic E-state index is 9.05. The Labute approximate surface area is 99.4 Å². The zero-order chi connectivity index (χ0) is 11.5. The van der Waals surface area contributed by atoms with Crippen LogP contribution in [0.1, 0.15) is 12.5 Å². The van der Waals surface area contributed by atoms with Crippen LogP contribution in [-0.2, 0) is 6.61 Å². The van der Waals surface area contributed by atoms with Crippen molar-refractivity contribution in [2.45, 2.75) is 13.5 Å². The molecule has 84 valence electrons. The lowest BCUT2D eigenvalue weighted by Gasteiger charge is -2.09. The van der Waals surface area contributed by atoms with E-state index in [-0.39, 0.29) is 6.61 Å². The van der Waals surface area contributed by atoms with Gasteiger partial charge in [-0.05, 0) is 30.0 Å². The summed E-state index contributed by atoms with van der Waals surface area (Å²) in [5.41, 5.74) is 0.882. The number of rotatable bonds is 3. The van der Waals surface area contributed by atoms with Gasteiger partial charge in [0, 0.05) is 5.39 Å². The average Bonchev–Trinajstić information content (AvgIpc) is 2.32. The van der Waals surface area contributed by atoms with E-state index < -0.39 is 0 Å². The molecule has 16 heavy (non-hydrogen) atoms.